The third-order valence-corrected chi connectivity index (χ3v) is 1.78. The molecule has 10 heavy (non-hydrogen) atoms. The van der Waals surface area contributed by atoms with Gasteiger partial charge >= 0.3 is 5.97 Å². The van der Waals surface area contributed by atoms with Gasteiger partial charge in [0.05, 0.1) is 12.5 Å². The van der Waals surface area contributed by atoms with E-state index in [0.29, 0.717) is 13.2 Å². The Hall–Kier alpha value is -0.570. The number of carbonyl (C=O) groups is 1. The van der Waals surface area contributed by atoms with E-state index in [0.717, 1.165) is 6.42 Å². The minimum absolute atomic E-state index is 0.119. The fourth-order valence-electron chi connectivity index (χ4n) is 1.00. The quantitative estimate of drug-likeness (QED) is 0.633. The summed E-state index contributed by atoms with van der Waals surface area (Å²) in [4.78, 5) is 10.3. The van der Waals surface area contributed by atoms with E-state index >= 15 is 0 Å². The summed E-state index contributed by atoms with van der Waals surface area (Å²) in [6.45, 7) is 3.22. The van der Waals surface area contributed by atoms with Crippen LogP contribution in [0.3, 0.4) is 0 Å². The lowest BCUT2D eigenvalue weighted by molar-refractivity contribution is -0.139. The predicted octanol–water partition coefficient (Wildman–Crippen LogP) is 0.744. The van der Waals surface area contributed by atoms with Gasteiger partial charge in [-0.25, -0.2) is 0 Å². The van der Waals surface area contributed by atoms with Crippen molar-refractivity contribution in [2.24, 2.45) is 11.8 Å². The van der Waals surface area contributed by atoms with Crippen molar-refractivity contribution in [1.29, 1.82) is 0 Å². The molecular weight excluding hydrogens is 132 g/mol. The van der Waals surface area contributed by atoms with E-state index < -0.39 is 5.97 Å². The zero-order chi connectivity index (χ0) is 7.56. The first-order chi connectivity index (χ1) is 4.75. The van der Waals surface area contributed by atoms with E-state index in [9.17, 15) is 4.79 Å². The van der Waals surface area contributed by atoms with Gasteiger partial charge in [-0.2, -0.15) is 0 Å². The Labute approximate surface area is 60.0 Å². The molecule has 0 saturated heterocycles. The summed E-state index contributed by atoms with van der Waals surface area (Å²) in [5.74, 6) is -0.506. The second kappa shape index (κ2) is 3.01. The Kier molecular flexibility index (Phi) is 2.27. The van der Waals surface area contributed by atoms with Crippen LogP contribution in [0.4, 0.5) is 0 Å². The lowest BCUT2D eigenvalue weighted by Gasteiger charge is -1.96. The van der Waals surface area contributed by atoms with Gasteiger partial charge in [0.25, 0.3) is 0 Å². The van der Waals surface area contributed by atoms with Crippen molar-refractivity contribution >= 4 is 5.97 Å². The summed E-state index contributed by atoms with van der Waals surface area (Å²) in [6, 6.07) is 0. The second-order valence-electron chi connectivity index (χ2n) is 2.60. The van der Waals surface area contributed by atoms with Gasteiger partial charge in [-0.15, -0.1) is 0 Å². The van der Waals surface area contributed by atoms with E-state index in [-0.39, 0.29) is 11.8 Å². The van der Waals surface area contributed by atoms with Gasteiger partial charge in [0.1, 0.15) is 0 Å². The average molecular weight is 144 g/mol. The molecule has 0 radical (unpaired) electrons. The van der Waals surface area contributed by atoms with Crippen LogP contribution in [-0.4, -0.2) is 24.3 Å². The Balaban J connectivity index is 2.08. The van der Waals surface area contributed by atoms with Crippen molar-refractivity contribution in [3.63, 3.8) is 0 Å². The number of carboxylic acid groups (broad SMARTS) is 1. The molecule has 0 bridgehead atoms. The Morgan fingerprint density at radius 3 is 2.90 bits per heavy atom. The smallest absolute Gasteiger partial charge is 0.306 e. The molecule has 0 amide bonds. The van der Waals surface area contributed by atoms with Gasteiger partial charge in [0.2, 0.25) is 0 Å². The molecule has 3 heteroatoms. The van der Waals surface area contributed by atoms with Crippen molar-refractivity contribution in [2.75, 3.05) is 13.2 Å². The summed E-state index contributed by atoms with van der Waals surface area (Å²) in [7, 11) is 0. The number of carboxylic acids is 1. The van der Waals surface area contributed by atoms with E-state index in [1.54, 1.807) is 0 Å². The molecule has 0 spiro atoms. The zero-order valence-electron chi connectivity index (χ0n) is 6.04. The maximum absolute atomic E-state index is 10.3. The topological polar surface area (TPSA) is 46.5 Å². The fourth-order valence-corrected chi connectivity index (χ4v) is 1.00. The summed E-state index contributed by atoms with van der Waals surface area (Å²) < 4.78 is 5.07. The summed E-state index contributed by atoms with van der Waals surface area (Å²) in [6.07, 6.45) is 0.801. The van der Waals surface area contributed by atoms with Crippen LogP contribution in [0.2, 0.25) is 0 Å². The van der Waals surface area contributed by atoms with Crippen molar-refractivity contribution in [1.82, 2.24) is 0 Å². The predicted molar refractivity (Wildman–Crippen MR) is 35.7 cm³/mol. The molecule has 0 aliphatic heterocycles. The molecule has 1 saturated carbocycles. The van der Waals surface area contributed by atoms with Crippen LogP contribution in [0.25, 0.3) is 0 Å². The molecule has 0 aromatic carbocycles. The first kappa shape index (κ1) is 7.54. The molecule has 3 nitrogen and oxygen atoms in total. The Morgan fingerprint density at radius 2 is 2.50 bits per heavy atom. The highest BCUT2D eigenvalue weighted by Gasteiger charge is 2.42. The molecule has 0 unspecified atom stereocenters. The zero-order valence-corrected chi connectivity index (χ0v) is 6.04. The highest BCUT2D eigenvalue weighted by atomic mass is 16.5. The highest BCUT2D eigenvalue weighted by Crippen LogP contribution is 2.38. The molecule has 0 heterocycles. The summed E-state index contributed by atoms with van der Waals surface area (Å²) in [5, 5.41) is 8.47. The lowest BCUT2D eigenvalue weighted by Crippen LogP contribution is -2.03. The second-order valence-corrected chi connectivity index (χ2v) is 2.60. The van der Waals surface area contributed by atoms with Gasteiger partial charge in [-0.3, -0.25) is 4.79 Å². The highest BCUT2D eigenvalue weighted by molar-refractivity contribution is 5.73. The van der Waals surface area contributed by atoms with Crippen LogP contribution in [0.15, 0.2) is 0 Å². The van der Waals surface area contributed by atoms with Gasteiger partial charge in [-0.05, 0) is 19.3 Å². The van der Waals surface area contributed by atoms with Gasteiger partial charge in [0, 0.05) is 6.61 Å². The van der Waals surface area contributed by atoms with Crippen LogP contribution in [0.5, 0.6) is 0 Å². The first-order valence-electron chi connectivity index (χ1n) is 3.56. The SMILES string of the molecule is CCOC[C@@H]1C[C@H]1C(=O)O. The molecule has 0 aromatic rings. The van der Waals surface area contributed by atoms with Crippen molar-refractivity contribution in [3.8, 4) is 0 Å². The minimum atomic E-state index is -0.676. The standard InChI is InChI=1S/C7H12O3/c1-2-10-4-5-3-6(5)7(8)9/h5-6H,2-4H2,1H3,(H,8,9)/t5-,6+/m0/s1. The van der Waals surface area contributed by atoms with Crippen LogP contribution in [-0.2, 0) is 9.53 Å². The van der Waals surface area contributed by atoms with E-state index in [1.165, 1.54) is 0 Å². The van der Waals surface area contributed by atoms with Crippen molar-refractivity contribution < 1.29 is 14.6 Å². The first-order valence-corrected chi connectivity index (χ1v) is 3.56. The van der Waals surface area contributed by atoms with E-state index in [1.807, 2.05) is 6.92 Å². The van der Waals surface area contributed by atoms with Crippen LogP contribution < -0.4 is 0 Å². The molecule has 1 aliphatic carbocycles. The Morgan fingerprint density at radius 1 is 1.80 bits per heavy atom. The number of hydrogen-bond acceptors (Lipinski definition) is 2. The number of hydrogen-bond donors (Lipinski definition) is 1. The monoisotopic (exact) mass is 144 g/mol. The third-order valence-electron chi connectivity index (χ3n) is 1.78. The van der Waals surface area contributed by atoms with Crippen molar-refractivity contribution in [3.05, 3.63) is 0 Å². The maximum Gasteiger partial charge on any atom is 0.306 e. The normalized spacial score (nSPS) is 30.1. The summed E-state index contributed by atoms with van der Waals surface area (Å²) in [5.41, 5.74) is 0. The third kappa shape index (κ3) is 1.70. The fraction of sp³-hybridized carbons (Fsp3) is 0.857. The van der Waals surface area contributed by atoms with Crippen LogP contribution in [0.1, 0.15) is 13.3 Å². The van der Waals surface area contributed by atoms with Gasteiger partial charge < -0.3 is 9.84 Å². The molecule has 1 rings (SSSR count). The molecule has 0 aromatic heterocycles. The minimum Gasteiger partial charge on any atom is -0.481 e. The van der Waals surface area contributed by atoms with E-state index in [2.05, 4.69) is 0 Å². The maximum atomic E-state index is 10.3. The van der Waals surface area contributed by atoms with Crippen LogP contribution >= 0.6 is 0 Å². The number of ether oxygens (including phenoxy) is 1. The molecule has 2 atom stereocenters. The number of aliphatic carboxylic acids is 1. The molecule has 58 valence electrons. The molecule has 1 N–H and O–H groups in total. The van der Waals surface area contributed by atoms with Crippen LogP contribution in [0, 0.1) is 11.8 Å². The average Bonchev–Trinajstić information content (AvgIpc) is 2.62. The van der Waals surface area contributed by atoms with Gasteiger partial charge in [0.15, 0.2) is 0 Å². The lowest BCUT2D eigenvalue weighted by atomic mass is 10.3. The van der Waals surface area contributed by atoms with Crippen molar-refractivity contribution in [2.45, 2.75) is 13.3 Å². The van der Waals surface area contributed by atoms with Gasteiger partial charge in [-0.1, -0.05) is 0 Å². The molecular formula is C7H12O3. The Bertz CT molecular complexity index is 133. The molecule has 1 fully saturated rings. The van der Waals surface area contributed by atoms with E-state index in [4.69, 9.17) is 9.84 Å². The largest absolute Gasteiger partial charge is 0.481 e. The molecule has 1 aliphatic rings. The summed E-state index contributed by atoms with van der Waals surface area (Å²) >= 11 is 0. The number of rotatable bonds is 4.